The van der Waals surface area contributed by atoms with Crippen LogP contribution in [0, 0.1) is 11.8 Å². The molecule has 4 atom stereocenters. The SMILES string of the molecule is CC(C)C[C@H](N)C(=O)N1CCC[C@H]1C(=O)NC(=O)C1NC(=O)CCC1C. The van der Waals surface area contributed by atoms with Gasteiger partial charge in [-0.15, -0.1) is 0 Å². The summed E-state index contributed by atoms with van der Waals surface area (Å²) in [5.41, 5.74) is 5.97. The van der Waals surface area contributed by atoms with Gasteiger partial charge in [0.2, 0.25) is 23.6 Å². The fraction of sp³-hybridized carbons (Fsp3) is 0.778. The number of amides is 4. The van der Waals surface area contributed by atoms with E-state index in [1.165, 1.54) is 4.90 Å². The van der Waals surface area contributed by atoms with Crippen LogP contribution >= 0.6 is 0 Å². The van der Waals surface area contributed by atoms with E-state index in [1.54, 1.807) is 0 Å². The van der Waals surface area contributed by atoms with Crippen molar-refractivity contribution < 1.29 is 19.2 Å². The van der Waals surface area contributed by atoms with Crippen molar-refractivity contribution in [3.63, 3.8) is 0 Å². The van der Waals surface area contributed by atoms with Gasteiger partial charge in [0.15, 0.2) is 0 Å². The van der Waals surface area contributed by atoms with Crippen LogP contribution in [0.15, 0.2) is 0 Å². The van der Waals surface area contributed by atoms with Gasteiger partial charge in [-0.3, -0.25) is 24.5 Å². The van der Waals surface area contributed by atoms with Gasteiger partial charge in [-0.25, -0.2) is 0 Å². The Bertz CT molecular complexity index is 578. The smallest absolute Gasteiger partial charge is 0.249 e. The first-order valence-electron chi connectivity index (χ1n) is 9.40. The van der Waals surface area contributed by atoms with E-state index in [-0.39, 0.29) is 23.7 Å². The first-order valence-corrected chi connectivity index (χ1v) is 9.40. The zero-order valence-corrected chi connectivity index (χ0v) is 15.8. The van der Waals surface area contributed by atoms with Gasteiger partial charge in [-0.05, 0) is 37.5 Å². The van der Waals surface area contributed by atoms with E-state index in [1.807, 2.05) is 20.8 Å². The molecule has 0 spiro atoms. The molecule has 0 aromatic rings. The highest BCUT2D eigenvalue weighted by atomic mass is 16.2. The summed E-state index contributed by atoms with van der Waals surface area (Å²) >= 11 is 0. The van der Waals surface area contributed by atoms with Gasteiger partial charge in [0.25, 0.3) is 0 Å². The molecule has 4 N–H and O–H groups in total. The second-order valence-electron chi connectivity index (χ2n) is 7.84. The highest BCUT2D eigenvalue weighted by Crippen LogP contribution is 2.21. The van der Waals surface area contributed by atoms with Crippen molar-refractivity contribution in [3.05, 3.63) is 0 Å². The average molecular weight is 366 g/mol. The molecule has 4 amide bonds. The molecule has 2 aliphatic heterocycles. The second kappa shape index (κ2) is 8.62. The number of likely N-dealkylation sites (tertiary alicyclic amines) is 1. The number of piperidine rings is 1. The van der Waals surface area contributed by atoms with Crippen LogP contribution in [-0.4, -0.2) is 53.2 Å². The minimum absolute atomic E-state index is 0.0405. The lowest BCUT2D eigenvalue weighted by Crippen LogP contribution is -2.57. The molecule has 0 aromatic heterocycles. The van der Waals surface area contributed by atoms with E-state index in [0.29, 0.717) is 38.6 Å². The third kappa shape index (κ3) is 4.81. The Hall–Kier alpha value is -1.96. The number of carbonyl (C=O) groups is 4. The van der Waals surface area contributed by atoms with E-state index in [4.69, 9.17) is 5.73 Å². The molecule has 0 aromatic carbocycles. The Balaban J connectivity index is 1.98. The molecule has 2 saturated heterocycles. The predicted molar refractivity (Wildman–Crippen MR) is 95.6 cm³/mol. The fourth-order valence-corrected chi connectivity index (χ4v) is 3.64. The molecule has 8 heteroatoms. The summed E-state index contributed by atoms with van der Waals surface area (Å²) < 4.78 is 0. The maximum atomic E-state index is 12.6. The van der Waals surface area contributed by atoms with E-state index >= 15 is 0 Å². The molecular weight excluding hydrogens is 336 g/mol. The topological polar surface area (TPSA) is 122 Å². The van der Waals surface area contributed by atoms with Gasteiger partial charge in [-0.1, -0.05) is 20.8 Å². The van der Waals surface area contributed by atoms with Crippen LogP contribution in [0.4, 0.5) is 0 Å². The number of nitrogens with zero attached hydrogens (tertiary/aromatic N) is 1. The quantitative estimate of drug-likeness (QED) is 0.587. The number of imide groups is 1. The van der Waals surface area contributed by atoms with Gasteiger partial charge in [0.1, 0.15) is 12.1 Å². The van der Waals surface area contributed by atoms with Crippen LogP contribution in [0.25, 0.3) is 0 Å². The van der Waals surface area contributed by atoms with Crippen molar-refractivity contribution in [1.29, 1.82) is 0 Å². The van der Waals surface area contributed by atoms with Crippen molar-refractivity contribution in [3.8, 4) is 0 Å². The minimum Gasteiger partial charge on any atom is -0.344 e. The molecule has 146 valence electrons. The maximum Gasteiger partial charge on any atom is 0.249 e. The number of hydrogen-bond donors (Lipinski definition) is 3. The first kappa shape index (κ1) is 20.4. The molecule has 0 radical (unpaired) electrons. The summed E-state index contributed by atoms with van der Waals surface area (Å²) in [5, 5.41) is 5.01. The fourth-order valence-electron chi connectivity index (χ4n) is 3.64. The zero-order chi connectivity index (χ0) is 19.4. The standard InChI is InChI=1S/C18H30N4O4/c1-10(2)9-12(19)18(26)22-8-4-5-13(22)16(24)21-17(25)15-11(3)6-7-14(23)20-15/h10-13,15H,4-9,19H2,1-3H3,(H,20,23)(H,21,24,25)/t11?,12-,13-,15?/m0/s1. The van der Waals surface area contributed by atoms with Crippen molar-refractivity contribution in [1.82, 2.24) is 15.5 Å². The minimum atomic E-state index is -0.714. The first-order chi connectivity index (χ1) is 12.2. The van der Waals surface area contributed by atoms with Crippen LogP contribution < -0.4 is 16.4 Å². The van der Waals surface area contributed by atoms with E-state index in [2.05, 4.69) is 10.6 Å². The molecule has 2 unspecified atom stereocenters. The molecule has 2 rings (SSSR count). The monoisotopic (exact) mass is 366 g/mol. The normalized spacial score (nSPS) is 27.2. The summed E-state index contributed by atoms with van der Waals surface area (Å²) in [6.45, 7) is 6.30. The van der Waals surface area contributed by atoms with Crippen LogP contribution in [0.2, 0.25) is 0 Å². The molecule has 2 fully saturated rings. The van der Waals surface area contributed by atoms with Crippen LogP contribution in [0.5, 0.6) is 0 Å². The second-order valence-corrected chi connectivity index (χ2v) is 7.84. The van der Waals surface area contributed by atoms with E-state index in [0.717, 1.165) is 0 Å². The Morgan fingerprint density at radius 3 is 2.62 bits per heavy atom. The molecule has 0 saturated carbocycles. The third-order valence-corrected chi connectivity index (χ3v) is 5.12. The van der Waals surface area contributed by atoms with Crippen LogP contribution in [-0.2, 0) is 19.2 Å². The van der Waals surface area contributed by atoms with Crippen molar-refractivity contribution >= 4 is 23.6 Å². The van der Waals surface area contributed by atoms with Gasteiger partial charge in [0.05, 0.1) is 6.04 Å². The van der Waals surface area contributed by atoms with E-state index < -0.39 is 29.9 Å². The average Bonchev–Trinajstić information content (AvgIpc) is 3.05. The van der Waals surface area contributed by atoms with Gasteiger partial charge in [0, 0.05) is 13.0 Å². The Labute approximate surface area is 154 Å². The Morgan fingerprint density at radius 1 is 1.27 bits per heavy atom. The molecule has 0 aliphatic carbocycles. The summed E-state index contributed by atoms with van der Waals surface area (Å²) in [4.78, 5) is 50.5. The largest absolute Gasteiger partial charge is 0.344 e. The highest BCUT2D eigenvalue weighted by Gasteiger charge is 2.38. The Morgan fingerprint density at radius 2 is 1.96 bits per heavy atom. The number of nitrogens with one attached hydrogen (secondary N) is 2. The lowest BCUT2D eigenvalue weighted by molar-refractivity contribution is -0.143. The highest BCUT2D eigenvalue weighted by molar-refractivity contribution is 6.03. The number of nitrogens with two attached hydrogens (primary N) is 1. The van der Waals surface area contributed by atoms with E-state index in [9.17, 15) is 19.2 Å². The number of hydrogen-bond acceptors (Lipinski definition) is 5. The maximum absolute atomic E-state index is 12.6. The van der Waals surface area contributed by atoms with Crippen molar-refractivity contribution in [2.75, 3.05) is 6.54 Å². The molecule has 2 heterocycles. The van der Waals surface area contributed by atoms with Crippen LogP contribution in [0.3, 0.4) is 0 Å². The number of rotatable bonds is 5. The third-order valence-electron chi connectivity index (χ3n) is 5.12. The van der Waals surface area contributed by atoms with Gasteiger partial charge in [-0.2, -0.15) is 0 Å². The van der Waals surface area contributed by atoms with Gasteiger partial charge < -0.3 is 16.0 Å². The summed E-state index contributed by atoms with van der Waals surface area (Å²) in [7, 11) is 0. The molecular formula is C18H30N4O4. The lowest BCUT2D eigenvalue weighted by atomic mass is 9.91. The van der Waals surface area contributed by atoms with Gasteiger partial charge >= 0.3 is 0 Å². The number of carbonyl (C=O) groups excluding carboxylic acids is 4. The molecule has 8 nitrogen and oxygen atoms in total. The molecule has 2 aliphatic rings. The Kier molecular flexibility index (Phi) is 6.75. The zero-order valence-electron chi connectivity index (χ0n) is 15.8. The van der Waals surface area contributed by atoms with Crippen molar-refractivity contribution in [2.24, 2.45) is 17.6 Å². The molecule has 0 bridgehead atoms. The lowest BCUT2D eigenvalue weighted by Gasteiger charge is -2.30. The summed E-state index contributed by atoms with van der Waals surface area (Å²) in [6, 6.07) is -2.04. The predicted octanol–water partition coefficient (Wildman–Crippen LogP) is -0.0917. The molecule has 26 heavy (non-hydrogen) atoms. The summed E-state index contributed by atoms with van der Waals surface area (Å²) in [5.74, 6) is -1.20. The van der Waals surface area contributed by atoms with Crippen molar-refractivity contribution in [2.45, 2.75) is 71.0 Å². The summed E-state index contributed by atoms with van der Waals surface area (Å²) in [6.07, 6.45) is 2.75. The van der Waals surface area contributed by atoms with Crippen LogP contribution in [0.1, 0.15) is 52.9 Å².